The molecular weight excluding hydrogens is 198 g/mol. The third kappa shape index (κ3) is 2.83. The SMILES string of the molecule is Cc1cccc(CNC2CCCOC2)c1C. The largest absolute Gasteiger partial charge is 0.380 e. The zero-order chi connectivity index (χ0) is 11.4. The Morgan fingerprint density at radius 1 is 1.38 bits per heavy atom. The minimum atomic E-state index is 0.536. The first-order chi connectivity index (χ1) is 7.77. The van der Waals surface area contributed by atoms with E-state index in [0.29, 0.717) is 6.04 Å². The minimum Gasteiger partial charge on any atom is -0.380 e. The average Bonchev–Trinajstić information content (AvgIpc) is 2.32. The first kappa shape index (κ1) is 11.6. The summed E-state index contributed by atoms with van der Waals surface area (Å²) >= 11 is 0. The van der Waals surface area contributed by atoms with E-state index in [4.69, 9.17) is 4.74 Å². The summed E-state index contributed by atoms with van der Waals surface area (Å²) in [6.07, 6.45) is 2.43. The van der Waals surface area contributed by atoms with Gasteiger partial charge in [-0.3, -0.25) is 0 Å². The fraction of sp³-hybridized carbons (Fsp3) is 0.571. The van der Waals surface area contributed by atoms with Crippen LogP contribution < -0.4 is 5.32 Å². The van der Waals surface area contributed by atoms with Gasteiger partial charge in [0.1, 0.15) is 0 Å². The van der Waals surface area contributed by atoms with Crippen LogP contribution >= 0.6 is 0 Å². The van der Waals surface area contributed by atoms with E-state index in [1.54, 1.807) is 0 Å². The van der Waals surface area contributed by atoms with E-state index in [9.17, 15) is 0 Å². The number of hydrogen-bond acceptors (Lipinski definition) is 2. The van der Waals surface area contributed by atoms with Gasteiger partial charge in [-0.15, -0.1) is 0 Å². The van der Waals surface area contributed by atoms with Gasteiger partial charge >= 0.3 is 0 Å². The van der Waals surface area contributed by atoms with Crippen molar-refractivity contribution in [1.82, 2.24) is 5.32 Å². The predicted molar refractivity (Wildman–Crippen MR) is 66.6 cm³/mol. The van der Waals surface area contributed by atoms with Crippen LogP contribution in [0.25, 0.3) is 0 Å². The lowest BCUT2D eigenvalue weighted by Crippen LogP contribution is -2.36. The van der Waals surface area contributed by atoms with Crippen molar-refractivity contribution in [1.29, 1.82) is 0 Å². The lowest BCUT2D eigenvalue weighted by Gasteiger charge is -2.23. The second-order valence-corrected chi connectivity index (χ2v) is 4.65. The quantitative estimate of drug-likeness (QED) is 0.843. The van der Waals surface area contributed by atoms with Crippen molar-refractivity contribution >= 4 is 0 Å². The molecule has 1 unspecified atom stereocenters. The summed E-state index contributed by atoms with van der Waals surface area (Å²) in [5.74, 6) is 0. The third-order valence-electron chi connectivity index (χ3n) is 3.46. The van der Waals surface area contributed by atoms with Gasteiger partial charge in [0, 0.05) is 19.2 Å². The molecule has 1 aromatic rings. The van der Waals surface area contributed by atoms with Crippen LogP contribution in [0.3, 0.4) is 0 Å². The topological polar surface area (TPSA) is 21.3 Å². The molecule has 2 nitrogen and oxygen atoms in total. The van der Waals surface area contributed by atoms with Crippen molar-refractivity contribution in [3.8, 4) is 0 Å². The van der Waals surface area contributed by atoms with Gasteiger partial charge in [0.05, 0.1) is 6.61 Å². The monoisotopic (exact) mass is 219 g/mol. The number of rotatable bonds is 3. The lowest BCUT2D eigenvalue weighted by molar-refractivity contribution is 0.0699. The molecule has 1 heterocycles. The number of benzene rings is 1. The third-order valence-corrected chi connectivity index (χ3v) is 3.46. The number of hydrogen-bond donors (Lipinski definition) is 1. The molecule has 0 spiro atoms. The van der Waals surface area contributed by atoms with Crippen LogP contribution in [0, 0.1) is 13.8 Å². The van der Waals surface area contributed by atoms with E-state index in [0.717, 1.165) is 19.8 Å². The smallest absolute Gasteiger partial charge is 0.0619 e. The van der Waals surface area contributed by atoms with Gasteiger partial charge in [-0.05, 0) is 43.4 Å². The van der Waals surface area contributed by atoms with E-state index in [1.165, 1.54) is 29.5 Å². The highest BCUT2D eigenvalue weighted by atomic mass is 16.5. The van der Waals surface area contributed by atoms with Crippen LogP contribution in [-0.2, 0) is 11.3 Å². The fourth-order valence-corrected chi connectivity index (χ4v) is 2.16. The van der Waals surface area contributed by atoms with Crippen molar-refractivity contribution < 1.29 is 4.74 Å². The second-order valence-electron chi connectivity index (χ2n) is 4.65. The van der Waals surface area contributed by atoms with Crippen LogP contribution in [0.1, 0.15) is 29.5 Å². The fourth-order valence-electron chi connectivity index (χ4n) is 2.16. The van der Waals surface area contributed by atoms with Gasteiger partial charge < -0.3 is 10.1 Å². The Balaban J connectivity index is 1.91. The molecule has 88 valence electrons. The Bertz CT molecular complexity index is 343. The van der Waals surface area contributed by atoms with Crippen molar-refractivity contribution in [2.75, 3.05) is 13.2 Å². The molecule has 0 radical (unpaired) electrons. The normalized spacial score (nSPS) is 21.0. The van der Waals surface area contributed by atoms with Crippen LogP contribution in [0.4, 0.5) is 0 Å². The van der Waals surface area contributed by atoms with Gasteiger partial charge in [-0.1, -0.05) is 18.2 Å². The van der Waals surface area contributed by atoms with E-state index in [1.807, 2.05) is 0 Å². The molecule has 0 amide bonds. The van der Waals surface area contributed by atoms with Gasteiger partial charge in [-0.2, -0.15) is 0 Å². The summed E-state index contributed by atoms with van der Waals surface area (Å²) in [5, 5.41) is 3.58. The highest BCUT2D eigenvalue weighted by molar-refractivity contribution is 5.32. The molecule has 1 aromatic carbocycles. The Kier molecular flexibility index (Phi) is 3.97. The molecule has 0 aromatic heterocycles. The van der Waals surface area contributed by atoms with E-state index < -0.39 is 0 Å². The van der Waals surface area contributed by atoms with Crippen LogP contribution in [0.5, 0.6) is 0 Å². The van der Waals surface area contributed by atoms with E-state index in [-0.39, 0.29) is 0 Å². The van der Waals surface area contributed by atoms with Crippen LogP contribution in [-0.4, -0.2) is 19.3 Å². The summed E-state index contributed by atoms with van der Waals surface area (Å²) in [6, 6.07) is 7.05. The maximum absolute atomic E-state index is 5.46. The highest BCUT2D eigenvalue weighted by Gasteiger charge is 2.13. The minimum absolute atomic E-state index is 0.536. The van der Waals surface area contributed by atoms with Gasteiger partial charge in [0.25, 0.3) is 0 Å². The molecule has 0 bridgehead atoms. The number of nitrogens with one attached hydrogen (secondary N) is 1. The summed E-state index contributed by atoms with van der Waals surface area (Å²) in [4.78, 5) is 0. The lowest BCUT2D eigenvalue weighted by atomic mass is 10.0. The highest BCUT2D eigenvalue weighted by Crippen LogP contribution is 2.13. The van der Waals surface area contributed by atoms with Crippen LogP contribution in [0.2, 0.25) is 0 Å². The molecule has 1 atom stereocenters. The molecule has 2 heteroatoms. The molecular formula is C14H21NO. The molecule has 1 N–H and O–H groups in total. The van der Waals surface area contributed by atoms with Gasteiger partial charge in [-0.25, -0.2) is 0 Å². The number of aryl methyl sites for hydroxylation is 1. The standard InChI is InChI=1S/C14H21NO/c1-11-5-3-6-13(12(11)2)9-15-14-7-4-8-16-10-14/h3,5-6,14-15H,4,7-10H2,1-2H3. The van der Waals surface area contributed by atoms with Crippen LogP contribution in [0.15, 0.2) is 18.2 Å². The Labute approximate surface area is 98.0 Å². The summed E-state index contributed by atoms with van der Waals surface area (Å²) in [6.45, 7) is 7.13. The second kappa shape index (κ2) is 5.46. The molecule has 1 saturated heterocycles. The Morgan fingerprint density at radius 2 is 2.25 bits per heavy atom. The molecule has 1 fully saturated rings. The zero-order valence-corrected chi connectivity index (χ0v) is 10.3. The summed E-state index contributed by atoms with van der Waals surface area (Å²) < 4.78 is 5.46. The predicted octanol–water partition coefficient (Wildman–Crippen LogP) is 2.57. The van der Waals surface area contributed by atoms with E-state index in [2.05, 4.69) is 37.4 Å². The first-order valence-corrected chi connectivity index (χ1v) is 6.13. The first-order valence-electron chi connectivity index (χ1n) is 6.13. The van der Waals surface area contributed by atoms with Crippen molar-refractivity contribution in [3.05, 3.63) is 34.9 Å². The van der Waals surface area contributed by atoms with Gasteiger partial charge in [0.2, 0.25) is 0 Å². The Hall–Kier alpha value is -0.860. The molecule has 0 aliphatic carbocycles. The molecule has 16 heavy (non-hydrogen) atoms. The summed E-state index contributed by atoms with van der Waals surface area (Å²) in [5.41, 5.74) is 4.19. The zero-order valence-electron chi connectivity index (χ0n) is 10.3. The molecule has 0 saturated carbocycles. The van der Waals surface area contributed by atoms with Gasteiger partial charge in [0.15, 0.2) is 0 Å². The number of ether oxygens (including phenoxy) is 1. The maximum atomic E-state index is 5.46. The van der Waals surface area contributed by atoms with Crippen molar-refractivity contribution in [2.24, 2.45) is 0 Å². The molecule has 2 rings (SSSR count). The molecule has 1 aliphatic heterocycles. The van der Waals surface area contributed by atoms with Crippen molar-refractivity contribution in [3.63, 3.8) is 0 Å². The Morgan fingerprint density at radius 3 is 3.00 bits per heavy atom. The van der Waals surface area contributed by atoms with E-state index >= 15 is 0 Å². The molecule has 1 aliphatic rings. The van der Waals surface area contributed by atoms with Crippen molar-refractivity contribution in [2.45, 2.75) is 39.3 Å². The summed E-state index contributed by atoms with van der Waals surface area (Å²) in [7, 11) is 0. The average molecular weight is 219 g/mol. The maximum Gasteiger partial charge on any atom is 0.0619 e.